The molecule has 8 nitrogen and oxygen atoms in total. The summed E-state index contributed by atoms with van der Waals surface area (Å²) in [6, 6.07) is 3.57. The van der Waals surface area contributed by atoms with Gasteiger partial charge in [-0.1, -0.05) is 17.7 Å². The molecule has 0 aliphatic carbocycles. The first-order valence-corrected chi connectivity index (χ1v) is 9.73. The molecule has 160 valence electrons. The van der Waals surface area contributed by atoms with E-state index >= 15 is 0 Å². The summed E-state index contributed by atoms with van der Waals surface area (Å²) in [7, 11) is 6.18. The van der Waals surface area contributed by atoms with E-state index in [0.717, 1.165) is 11.1 Å². The smallest absolute Gasteiger partial charge is 0.354 e. The fraction of sp³-hybridized carbons (Fsp3) is 0.381. The lowest BCUT2D eigenvalue weighted by molar-refractivity contribution is -0.140. The number of rotatable bonds is 6. The van der Waals surface area contributed by atoms with Gasteiger partial charge in [0.1, 0.15) is 5.69 Å². The average Bonchev–Trinajstić information content (AvgIpc) is 3.19. The fourth-order valence-electron chi connectivity index (χ4n) is 3.89. The minimum absolute atomic E-state index is 0.116. The largest absolute Gasteiger partial charge is 0.469 e. The highest BCUT2D eigenvalue weighted by molar-refractivity contribution is 6.35. The summed E-state index contributed by atoms with van der Waals surface area (Å²) < 4.78 is 13.2. The number of methoxy groups -OCH3 is 2. The normalized spacial score (nSPS) is 11.2. The van der Waals surface area contributed by atoms with Crippen LogP contribution in [0.15, 0.2) is 12.1 Å². The molecule has 30 heavy (non-hydrogen) atoms. The van der Waals surface area contributed by atoms with Crippen molar-refractivity contribution in [1.29, 1.82) is 0 Å². The number of aliphatic hydroxyl groups excluding tert-OH is 1. The molecule has 3 aromatic rings. The SMILES string of the molecule is COC(=O)CCc1c(C(=O)OC)n(C)c2c(-c3c(CO)nn(C)c3C)c(Cl)ccc12. The van der Waals surface area contributed by atoms with Crippen molar-refractivity contribution in [1.82, 2.24) is 14.3 Å². The third-order valence-corrected chi connectivity index (χ3v) is 5.72. The van der Waals surface area contributed by atoms with Gasteiger partial charge in [-0.05, 0) is 25.0 Å². The zero-order chi connectivity index (χ0) is 22.2. The van der Waals surface area contributed by atoms with Crippen LogP contribution in [-0.2, 0) is 41.4 Å². The van der Waals surface area contributed by atoms with Gasteiger partial charge in [0.05, 0.1) is 37.1 Å². The molecule has 0 radical (unpaired) electrons. The Morgan fingerprint density at radius 1 is 1.17 bits per heavy atom. The summed E-state index contributed by atoms with van der Waals surface area (Å²) in [5.74, 6) is -0.886. The minimum atomic E-state index is -0.513. The van der Waals surface area contributed by atoms with Gasteiger partial charge in [0.25, 0.3) is 0 Å². The molecular formula is C21H24ClN3O5. The van der Waals surface area contributed by atoms with Crippen LogP contribution in [0.25, 0.3) is 22.0 Å². The number of aliphatic hydroxyl groups is 1. The maximum absolute atomic E-state index is 12.6. The van der Waals surface area contributed by atoms with Crippen LogP contribution in [0.3, 0.4) is 0 Å². The van der Waals surface area contributed by atoms with Crippen molar-refractivity contribution in [2.24, 2.45) is 14.1 Å². The molecule has 9 heteroatoms. The summed E-state index contributed by atoms with van der Waals surface area (Å²) >= 11 is 6.62. The quantitative estimate of drug-likeness (QED) is 0.600. The highest BCUT2D eigenvalue weighted by Gasteiger charge is 2.27. The summed E-state index contributed by atoms with van der Waals surface area (Å²) in [5.41, 5.74) is 4.41. The Kier molecular flexibility index (Phi) is 6.19. The first kappa shape index (κ1) is 21.9. The maximum Gasteiger partial charge on any atom is 0.354 e. The lowest BCUT2D eigenvalue weighted by atomic mass is 9.98. The van der Waals surface area contributed by atoms with E-state index in [1.165, 1.54) is 14.2 Å². The summed E-state index contributed by atoms with van der Waals surface area (Å²) in [6.07, 6.45) is 0.416. The average molecular weight is 434 g/mol. The molecule has 0 amide bonds. The third-order valence-electron chi connectivity index (χ3n) is 5.40. The topological polar surface area (TPSA) is 95.6 Å². The van der Waals surface area contributed by atoms with E-state index in [-0.39, 0.29) is 19.0 Å². The predicted octanol–water partition coefficient (Wildman–Crippen LogP) is 2.93. The molecule has 0 aliphatic heterocycles. The van der Waals surface area contributed by atoms with Gasteiger partial charge in [-0.2, -0.15) is 5.10 Å². The van der Waals surface area contributed by atoms with Crippen molar-refractivity contribution in [2.45, 2.75) is 26.4 Å². The Morgan fingerprint density at radius 2 is 1.87 bits per heavy atom. The Morgan fingerprint density at radius 3 is 2.47 bits per heavy atom. The van der Waals surface area contributed by atoms with E-state index < -0.39 is 5.97 Å². The Balaban J connectivity index is 2.39. The number of carbonyl (C=O) groups is 2. The molecule has 3 rings (SSSR count). The van der Waals surface area contributed by atoms with E-state index in [9.17, 15) is 14.7 Å². The molecule has 1 N–H and O–H groups in total. The van der Waals surface area contributed by atoms with Gasteiger partial charge in [-0.25, -0.2) is 4.79 Å². The predicted molar refractivity (Wildman–Crippen MR) is 112 cm³/mol. The monoisotopic (exact) mass is 433 g/mol. The van der Waals surface area contributed by atoms with E-state index in [1.54, 1.807) is 29.4 Å². The van der Waals surface area contributed by atoms with Gasteiger partial charge in [0.15, 0.2) is 0 Å². The molecule has 0 aliphatic rings. The standard InChI is InChI=1S/C21H24ClN3O5/c1-11-17(15(10-26)23-25(11)3)18-14(22)8-6-12-13(7-9-16(27)29-4)20(21(28)30-5)24(2)19(12)18/h6,8,26H,7,9-10H2,1-5H3. The highest BCUT2D eigenvalue weighted by Crippen LogP contribution is 2.41. The van der Waals surface area contributed by atoms with Crippen molar-refractivity contribution in [3.05, 3.63) is 39.8 Å². The van der Waals surface area contributed by atoms with Crippen molar-refractivity contribution >= 4 is 34.4 Å². The molecular weight excluding hydrogens is 410 g/mol. The van der Waals surface area contributed by atoms with E-state index in [0.29, 0.717) is 45.0 Å². The van der Waals surface area contributed by atoms with E-state index in [2.05, 4.69) is 5.10 Å². The number of carbonyl (C=O) groups excluding carboxylic acids is 2. The molecule has 0 fully saturated rings. The molecule has 1 aromatic carbocycles. The Bertz CT molecular complexity index is 1150. The lowest BCUT2D eigenvalue weighted by Crippen LogP contribution is -2.11. The number of benzene rings is 1. The van der Waals surface area contributed by atoms with Crippen LogP contribution in [0.1, 0.15) is 33.9 Å². The number of esters is 2. The molecule has 0 saturated heterocycles. The number of nitrogens with zero attached hydrogens (tertiary/aromatic N) is 3. The Labute approximate surface area is 178 Å². The summed E-state index contributed by atoms with van der Waals surface area (Å²) in [4.78, 5) is 24.4. The molecule has 2 heterocycles. The molecule has 0 unspecified atom stereocenters. The minimum Gasteiger partial charge on any atom is -0.469 e. The van der Waals surface area contributed by atoms with E-state index in [4.69, 9.17) is 21.1 Å². The van der Waals surface area contributed by atoms with Crippen LogP contribution in [0.5, 0.6) is 0 Å². The third kappa shape index (κ3) is 3.46. The number of hydrogen-bond acceptors (Lipinski definition) is 6. The van der Waals surface area contributed by atoms with Crippen molar-refractivity contribution in [3.8, 4) is 11.1 Å². The van der Waals surface area contributed by atoms with Crippen LogP contribution in [0, 0.1) is 6.92 Å². The number of halogens is 1. The van der Waals surface area contributed by atoms with Crippen LogP contribution in [-0.4, -0.2) is 45.6 Å². The highest BCUT2D eigenvalue weighted by atomic mass is 35.5. The van der Waals surface area contributed by atoms with Crippen molar-refractivity contribution < 1.29 is 24.2 Å². The van der Waals surface area contributed by atoms with Gasteiger partial charge in [-0.3, -0.25) is 9.48 Å². The number of hydrogen-bond donors (Lipinski definition) is 1. The van der Waals surface area contributed by atoms with Crippen LogP contribution < -0.4 is 0 Å². The van der Waals surface area contributed by atoms with Gasteiger partial charge >= 0.3 is 11.9 Å². The van der Waals surface area contributed by atoms with Crippen LogP contribution in [0.4, 0.5) is 0 Å². The molecule has 0 spiro atoms. The molecule has 0 bridgehead atoms. The second kappa shape index (κ2) is 8.49. The Hall–Kier alpha value is -2.84. The number of aryl methyl sites for hydroxylation is 3. The summed E-state index contributed by atoms with van der Waals surface area (Å²) in [5, 5.41) is 15.5. The van der Waals surface area contributed by atoms with Crippen molar-refractivity contribution in [3.63, 3.8) is 0 Å². The fourth-order valence-corrected chi connectivity index (χ4v) is 4.14. The van der Waals surface area contributed by atoms with Crippen molar-refractivity contribution in [2.75, 3.05) is 14.2 Å². The van der Waals surface area contributed by atoms with Gasteiger partial charge < -0.3 is 19.1 Å². The number of aromatic nitrogens is 3. The van der Waals surface area contributed by atoms with Gasteiger partial charge in [-0.15, -0.1) is 0 Å². The zero-order valence-corrected chi connectivity index (χ0v) is 18.3. The maximum atomic E-state index is 12.6. The number of ether oxygens (including phenoxy) is 2. The second-order valence-electron chi connectivity index (χ2n) is 6.96. The lowest BCUT2D eigenvalue weighted by Gasteiger charge is -2.11. The second-order valence-corrected chi connectivity index (χ2v) is 7.37. The van der Waals surface area contributed by atoms with Crippen LogP contribution in [0.2, 0.25) is 5.02 Å². The zero-order valence-electron chi connectivity index (χ0n) is 17.6. The molecule has 0 saturated carbocycles. The summed E-state index contributed by atoms with van der Waals surface area (Å²) in [6.45, 7) is 1.63. The van der Waals surface area contributed by atoms with Crippen LogP contribution >= 0.6 is 11.6 Å². The molecule has 0 atom stereocenters. The first-order chi connectivity index (χ1) is 14.3. The molecule has 2 aromatic heterocycles. The first-order valence-electron chi connectivity index (χ1n) is 9.35. The number of fused-ring (bicyclic) bond motifs is 1. The van der Waals surface area contributed by atoms with Gasteiger partial charge in [0.2, 0.25) is 0 Å². The van der Waals surface area contributed by atoms with Gasteiger partial charge in [0, 0.05) is 42.7 Å². The van der Waals surface area contributed by atoms with E-state index in [1.807, 2.05) is 13.0 Å².